The normalized spacial score (nSPS) is 8.83. The van der Waals surface area contributed by atoms with Gasteiger partial charge in [0.15, 0.2) is 0 Å². The summed E-state index contributed by atoms with van der Waals surface area (Å²) in [6.07, 6.45) is 0. The Balaban J connectivity index is 0.00000121. The van der Waals surface area contributed by atoms with Gasteiger partial charge >= 0.3 is 5.97 Å². The number of carboxylic acid groups (broad SMARTS) is 1. The predicted octanol–water partition coefficient (Wildman–Crippen LogP) is 2.31. The number of carbonyl (C=O) groups is 1. The molecule has 1 aromatic carbocycles. The summed E-state index contributed by atoms with van der Waals surface area (Å²) in [4.78, 5) is 10.4. The van der Waals surface area contributed by atoms with E-state index in [1.54, 1.807) is 0 Å². The van der Waals surface area contributed by atoms with Crippen LogP contribution < -0.4 is 0 Å². The molecule has 0 heterocycles. The van der Waals surface area contributed by atoms with Gasteiger partial charge in [-0.05, 0) is 18.2 Å². The van der Waals surface area contributed by atoms with Crippen LogP contribution >= 0.6 is 23.2 Å². The molecule has 0 aliphatic heterocycles. The Morgan fingerprint density at radius 3 is 2.33 bits per heavy atom. The van der Waals surface area contributed by atoms with Crippen molar-refractivity contribution in [2.24, 2.45) is 0 Å². The number of hydrogen-bond acceptors (Lipinski definition) is 1. The van der Waals surface area contributed by atoms with Gasteiger partial charge in [-0.25, -0.2) is 4.79 Å². The van der Waals surface area contributed by atoms with Gasteiger partial charge in [0.05, 0.1) is 10.6 Å². The van der Waals surface area contributed by atoms with E-state index in [4.69, 9.17) is 28.3 Å². The number of halogens is 2. The van der Waals surface area contributed by atoms with Gasteiger partial charge in [-0.1, -0.05) is 23.2 Å². The van der Waals surface area contributed by atoms with Gasteiger partial charge in [0, 0.05) is 56.4 Å². The van der Waals surface area contributed by atoms with Crippen molar-refractivity contribution in [3.05, 3.63) is 33.8 Å². The van der Waals surface area contributed by atoms with Gasteiger partial charge in [0.25, 0.3) is 0 Å². The van der Waals surface area contributed by atoms with E-state index in [-0.39, 0.29) is 62.0 Å². The fourth-order valence-electron chi connectivity index (χ4n) is 0.661. The molecule has 0 aliphatic carbocycles. The van der Waals surface area contributed by atoms with E-state index in [9.17, 15) is 4.79 Å². The van der Waals surface area contributed by atoms with Crippen LogP contribution in [0.3, 0.4) is 0 Å². The number of hydrogen-bond donors (Lipinski definition) is 1. The summed E-state index contributed by atoms with van der Waals surface area (Å²) in [5.41, 5.74) is 0.0270. The molecule has 0 atom stereocenters. The van der Waals surface area contributed by atoms with Crippen LogP contribution in [0.2, 0.25) is 10.0 Å². The summed E-state index contributed by atoms with van der Waals surface area (Å²) >= 11 is 11.1. The molecule has 1 radical (unpaired) electrons. The molecule has 0 bridgehead atoms. The minimum absolute atomic E-state index is 0. The quantitative estimate of drug-likeness (QED) is 0.751. The standard InChI is InChI=1S/C7H4Cl2O2.K/c8-4-1-2-6(9)5(3-4)7(10)11;/h1-3H,(H,10,11);. The fraction of sp³-hybridized carbons (Fsp3) is 0. The number of carboxylic acids is 1. The van der Waals surface area contributed by atoms with E-state index in [2.05, 4.69) is 0 Å². The van der Waals surface area contributed by atoms with Crippen LogP contribution in [0.1, 0.15) is 10.4 Å². The van der Waals surface area contributed by atoms with Gasteiger partial charge in [0.1, 0.15) is 0 Å². The van der Waals surface area contributed by atoms with Crippen molar-refractivity contribution >= 4 is 80.6 Å². The van der Waals surface area contributed by atoms with Crippen molar-refractivity contribution in [3.63, 3.8) is 0 Å². The molecule has 0 unspecified atom stereocenters. The molecule has 0 saturated heterocycles. The molecule has 1 N–H and O–H groups in total. The molecule has 59 valence electrons. The third kappa shape index (κ3) is 3.34. The van der Waals surface area contributed by atoms with Crippen LogP contribution in [0.25, 0.3) is 0 Å². The van der Waals surface area contributed by atoms with Crippen LogP contribution in [0.15, 0.2) is 18.2 Å². The first-order chi connectivity index (χ1) is 5.11. The Bertz CT molecular complexity index is 301. The van der Waals surface area contributed by atoms with E-state index in [1.165, 1.54) is 18.2 Å². The van der Waals surface area contributed by atoms with Gasteiger partial charge < -0.3 is 5.11 Å². The van der Waals surface area contributed by atoms with E-state index in [1.807, 2.05) is 0 Å². The smallest absolute Gasteiger partial charge is 0.337 e. The van der Waals surface area contributed by atoms with Crippen molar-refractivity contribution < 1.29 is 9.90 Å². The third-order valence-corrected chi connectivity index (χ3v) is 1.72. The second-order valence-electron chi connectivity index (χ2n) is 1.93. The Morgan fingerprint density at radius 2 is 1.92 bits per heavy atom. The SMILES string of the molecule is O=C(O)c1cc(Cl)ccc1Cl.[K]. The molecule has 5 heteroatoms. The van der Waals surface area contributed by atoms with Crippen LogP contribution in [0.5, 0.6) is 0 Å². The van der Waals surface area contributed by atoms with Crippen LogP contribution in [0.4, 0.5) is 0 Å². The second-order valence-corrected chi connectivity index (χ2v) is 2.77. The summed E-state index contributed by atoms with van der Waals surface area (Å²) in [6.45, 7) is 0. The average Bonchev–Trinajstić information content (AvgIpc) is 1.94. The van der Waals surface area contributed by atoms with E-state index in [0.29, 0.717) is 5.02 Å². The molecule has 0 amide bonds. The zero-order valence-electron chi connectivity index (χ0n) is 6.34. The first-order valence-electron chi connectivity index (χ1n) is 2.79. The molecule has 0 saturated carbocycles. The molecule has 0 aromatic heterocycles. The van der Waals surface area contributed by atoms with E-state index < -0.39 is 5.97 Å². The largest absolute Gasteiger partial charge is 0.478 e. The zero-order chi connectivity index (χ0) is 8.43. The summed E-state index contributed by atoms with van der Waals surface area (Å²) in [7, 11) is 0. The molecule has 0 aliphatic rings. The van der Waals surface area contributed by atoms with Crippen molar-refractivity contribution in [2.75, 3.05) is 0 Å². The van der Waals surface area contributed by atoms with Crippen molar-refractivity contribution in [2.45, 2.75) is 0 Å². The maximum atomic E-state index is 10.4. The van der Waals surface area contributed by atoms with Crippen molar-refractivity contribution in [1.82, 2.24) is 0 Å². The maximum Gasteiger partial charge on any atom is 0.337 e. The first kappa shape index (κ1) is 12.9. The Morgan fingerprint density at radius 1 is 1.33 bits per heavy atom. The Labute approximate surface area is 122 Å². The van der Waals surface area contributed by atoms with Crippen LogP contribution in [-0.2, 0) is 0 Å². The minimum atomic E-state index is -1.07. The molecule has 1 aromatic rings. The van der Waals surface area contributed by atoms with Gasteiger partial charge in [0.2, 0.25) is 0 Å². The van der Waals surface area contributed by atoms with E-state index >= 15 is 0 Å². The molecular formula is C7H4Cl2KO2. The Kier molecular flexibility index (Phi) is 6.02. The number of aromatic carboxylic acids is 1. The topological polar surface area (TPSA) is 37.3 Å². The molecule has 0 fully saturated rings. The monoisotopic (exact) mass is 229 g/mol. The third-order valence-electron chi connectivity index (χ3n) is 1.16. The van der Waals surface area contributed by atoms with Crippen molar-refractivity contribution in [3.8, 4) is 0 Å². The molecule has 1 rings (SSSR count). The summed E-state index contributed by atoms with van der Waals surface area (Å²) in [5, 5.41) is 9.11. The van der Waals surface area contributed by atoms with Crippen LogP contribution in [-0.4, -0.2) is 62.5 Å². The molecule has 2 nitrogen and oxygen atoms in total. The minimum Gasteiger partial charge on any atom is -0.478 e. The number of benzene rings is 1. The maximum absolute atomic E-state index is 10.4. The van der Waals surface area contributed by atoms with Crippen molar-refractivity contribution in [1.29, 1.82) is 0 Å². The zero-order valence-corrected chi connectivity index (χ0v) is 11.0. The molecule has 12 heavy (non-hydrogen) atoms. The fourth-order valence-corrected chi connectivity index (χ4v) is 1.03. The summed E-state index contributed by atoms with van der Waals surface area (Å²) in [6, 6.07) is 4.30. The summed E-state index contributed by atoms with van der Waals surface area (Å²) in [5.74, 6) is -1.07. The van der Waals surface area contributed by atoms with Gasteiger partial charge in [-0.2, -0.15) is 0 Å². The first-order valence-corrected chi connectivity index (χ1v) is 3.55. The van der Waals surface area contributed by atoms with Gasteiger partial charge in [-0.15, -0.1) is 0 Å². The van der Waals surface area contributed by atoms with E-state index in [0.717, 1.165) is 0 Å². The second kappa shape index (κ2) is 5.60. The molecule has 0 spiro atoms. The summed E-state index contributed by atoms with van der Waals surface area (Å²) < 4.78 is 0. The van der Waals surface area contributed by atoms with Gasteiger partial charge in [-0.3, -0.25) is 0 Å². The molecular weight excluding hydrogens is 226 g/mol. The van der Waals surface area contributed by atoms with Crippen LogP contribution in [0, 0.1) is 0 Å². The predicted molar refractivity (Wildman–Crippen MR) is 49.2 cm³/mol. The average molecular weight is 230 g/mol. The Hall–Kier alpha value is 0.906. The number of rotatable bonds is 1.